The second-order valence-corrected chi connectivity index (χ2v) is 6.18. The number of hydrogen-bond donors (Lipinski definition) is 2. The van der Waals surface area contributed by atoms with Crippen LogP contribution in [0.2, 0.25) is 0 Å². The molecule has 2 N–H and O–H groups in total. The molecule has 0 saturated heterocycles. The molecule has 5 nitrogen and oxygen atoms in total. The first-order chi connectivity index (χ1) is 8.71. The van der Waals surface area contributed by atoms with E-state index in [0.29, 0.717) is 4.47 Å². The van der Waals surface area contributed by atoms with Gasteiger partial charge >= 0.3 is 5.97 Å². The van der Waals surface area contributed by atoms with E-state index in [1.807, 2.05) is 20.8 Å². The number of carbonyl (C=O) groups is 2. The highest BCUT2D eigenvalue weighted by molar-refractivity contribution is 9.10. The van der Waals surface area contributed by atoms with E-state index in [0.717, 1.165) is 0 Å². The lowest BCUT2D eigenvalue weighted by Gasteiger charge is -2.30. The largest absolute Gasteiger partial charge is 0.481 e. The summed E-state index contributed by atoms with van der Waals surface area (Å²) >= 11 is 3.25. The van der Waals surface area contributed by atoms with Gasteiger partial charge in [0.05, 0.1) is 6.42 Å². The van der Waals surface area contributed by atoms with Gasteiger partial charge in [0.25, 0.3) is 5.91 Å². The molecule has 0 radical (unpaired) electrons. The Morgan fingerprint density at radius 1 is 1.47 bits per heavy atom. The Bertz CT molecular complexity index is 483. The number of aliphatic carboxylic acids is 1. The molecule has 0 saturated carbocycles. The van der Waals surface area contributed by atoms with Crippen molar-refractivity contribution in [3.8, 4) is 0 Å². The molecule has 0 aliphatic rings. The van der Waals surface area contributed by atoms with E-state index in [1.165, 1.54) is 6.20 Å². The summed E-state index contributed by atoms with van der Waals surface area (Å²) in [5.74, 6) is -1.33. The third kappa shape index (κ3) is 4.63. The Morgan fingerprint density at radius 3 is 2.58 bits per heavy atom. The van der Waals surface area contributed by atoms with Crippen molar-refractivity contribution < 1.29 is 14.7 Å². The number of aromatic nitrogens is 1. The second kappa shape index (κ2) is 6.14. The van der Waals surface area contributed by atoms with E-state index in [4.69, 9.17) is 5.11 Å². The molecule has 19 heavy (non-hydrogen) atoms. The van der Waals surface area contributed by atoms with Gasteiger partial charge in [-0.1, -0.05) is 20.8 Å². The van der Waals surface area contributed by atoms with Crippen LogP contribution in [0.15, 0.2) is 22.8 Å². The minimum absolute atomic E-state index is 0.125. The van der Waals surface area contributed by atoms with Crippen LogP contribution < -0.4 is 5.32 Å². The number of hydrogen-bond acceptors (Lipinski definition) is 3. The lowest BCUT2D eigenvalue weighted by Crippen LogP contribution is -2.45. The van der Waals surface area contributed by atoms with Crippen molar-refractivity contribution >= 4 is 27.8 Å². The number of carboxylic acid groups (broad SMARTS) is 1. The van der Waals surface area contributed by atoms with Gasteiger partial charge in [-0.2, -0.15) is 0 Å². The van der Waals surface area contributed by atoms with Crippen molar-refractivity contribution in [1.29, 1.82) is 0 Å². The average molecular weight is 329 g/mol. The van der Waals surface area contributed by atoms with Gasteiger partial charge in [-0.25, -0.2) is 4.98 Å². The average Bonchev–Trinajstić information content (AvgIpc) is 2.26. The number of rotatable bonds is 4. The molecule has 1 aromatic rings. The van der Waals surface area contributed by atoms with Gasteiger partial charge in [0, 0.05) is 16.7 Å². The first kappa shape index (κ1) is 15.6. The summed E-state index contributed by atoms with van der Waals surface area (Å²) < 4.78 is 0.579. The van der Waals surface area contributed by atoms with Crippen molar-refractivity contribution in [2.75, 3.05) is 0 Å². The van der Waals surface area contributed by atoms with E-state index in [-0.39, 0.29) is 23.4 Å². The Morgan fingerprint density at radius 2 is 2.11 bits per heavy atom. The maximum atomic E-state index is 12.1. The molecule has 0 aliphatic heterocycles. The topological polar surface area (TPSA) is 79.3 Å². The summed E-state index contributed by atoms with van der Waals surface area (Å²) in [6.07, 6.45) is 1.39. The van der Waals surface area contributed by atoms with Gasteiger partial charge in [0.15, 0.2) is 0 Å². The summed E-state index contributed by atoms with van der Waals surface area (Å²) in [4.78, 5) is 27.0. The highest BCUT2D eigenvalue weighted by Crippen LogP contribution is 2.23. The third-order valence-electron chi connectivity index (χ3n) is 2.70. The van der Waals surface area contributed by atoms with E-state index < -0.39 is 12.0 Å². The van der Waals surface area contributed by atoms with Crippen LogP contribution in [-0.4, -0.2) is 28.0 Å². The fourth-order valence-corrected chi connectivity index (χ4v) is 1.96. The van der Waals surface area contributed by atoms with Crippen LogP contribution >= 0.6 is 15.9 Å². The van der Waals surface area contributed by atoms with E-state index in [1.54, 1.807) is 12.1 Å². The Kier molecular flexibility index (Phi) is 5.05. The van der Waals surface area contributed by atoms with Crippen molar-refractivity contribution in [2.24, 2.45) is 5.41 Å². The molecule has 1 unspecified atom stereocenters. The molecule has 1 rings (SSSR count). The van der Waals surface area contributed by atoms with Crippen molar-refractivity contribution in [2.45, 2.75) is 33.2 Å². The molecule has 0 bridgehead atoms. The molecule has 0 fully saturated rings. The van der Waals surface area contributed by atoms with Crippen LogP contribution in [0, 0.1) is 5.41 Å². The van der Waals surface area contributed by atoms with Crippen LogP contribution in [0.5, 0.6) is 0 Å². The molecule has 1 atom stereocenters. The molecular weight excluding hydrogens is 312 g/mol. The quantitative estimate of drug-likeness (QED) is 0.889. The normalized spacial score (nSPS) is 12.8. The van der Waals surface area contributed by atoms with Crippen LogP contribution in [0.3, 0.4) is 0 Å². The van der Waals surface area contributed by atoms with Crippen LogP contribution in [0.1, 0.15) is 37.7 Å². The number of carboxylic acids is 1. The number of pyridine rings is 1. The first-order valence-corrected chi connectivity index (χ1v) is 6.64. The Labute approximate surface area is 120 Å². The Hall–Kier alpha value is -1.43. The first-order valence-electron chi connectivity index (χ1n) is 5.85. The standard InChI is InChI=1S/C13H17BrN2O3/c1-13(2,3)9(7-10(17)18)16-12(19)11-8(14)5-4-6-15-11/h4-6,9H,7H2,1-3H3,(H,16,19)(H,17,18). The Balaban J connectivity index is 2.88. The molecule has 1 aromatic heterocycles. The molecule has 6 heteroatoms. The number of carbonyl (C=O) groups excluding carboxylic acids is 1. The van der Waals surface area contributed by atoms with Crippen LogP contribution in [0.4, 0.5) is 0 Å². The molecule has 1 amide bonds. The highest BCUT2D eigenvalue weighted by Gasteiger charge is 2.29. The number of nitrogens with zero attached hydrogens (tertiary/aromatic N) is 1. The van der Waals surface area contributed by atoms with Gasteiger partial charge in [-0.05, 0) is 33.5 Å². The molecule has 0 aliphatic carbocycles. The second-order valence-electron chi connectivity index (χ2n) is 5.32. The predicted octanol–water partition coefficient (Wildman–Crippen LogP) is 2.46. The number of amides is 1. The maximum absolute atomic E-state index is 12.1. The molecule has 1 heterocycles. The molecule has 0 spiro atoms. The summed E-state index contributed by atoms with van der Waals surface area (Å²) in [6.45, 7) is 5.65. The van der Waals surface area contributed by atoms with E-state index in [9.17, 15) is 9.59 Å². The maximum Gasteiger partial charge on any atom is 0.305 e. The summed E-state index contributed by atoms with van der Waals surface area (Å²) in [6, 6.07) is 2.95. The third-order valence-corrected chi connectivity index (χ3v) is 3.34. The van der Waals surface area contributed by atoms with Crippen LogP contribution in [-0.2, 0) is 4.79 Å². The van der Waals surface area contributed by atoms with Gasteiger partial charge in [-0.3, -0.25) is 9.59 Å². The number of halogens is 1. The van der Waals surface area contributed by atoms with Crippen molar-refractivity contribution in [3.05, 3.63) is 28.5 Å². The zero-order valence-corrected chi connectivity index (χ0v) is 12.7. The molecule has 104 valence electrons. The zero-order chi connectivity index (χ0) is 14.6. The lowest BCUT2D eigenvalue weighted by molar-refractivity contribution is -0.138. The summed E-state index contributed by atoms with van der Waals surface area (Å²) in [5.41, 5.74) is -0.0999. The van der Waals surface area contributed by atoms with Gasteiger partial charge in [0.1, 0.15) is 5.69 Å². The molecule has 0 aromatic carbocycles. The fourth-order valence-electron chi connectivity index (χ4n) is 1.53. The van der Waals surface area contributed by atoms with Crippen molar-refractivity contribution in [3.63, 3.8) is 0 Å². The summed E-state index contributed by atoms with van der Waals surface area (Å²) in [7, 11) is 0. The number of nitrogens with one attached hydrogen (secondary N) is 1. The minimum atomic E-state index is -0.944. The van der Waals surface area contributed by atoms with Gasteiger partial charge < -0.3 is 10.4 Å². The highest BCUT2D eigenvalue weighted by atomic mass is 79.9. The minimum Gasteiger partial charge on any atom is -0.481 e. The smallest absolute Gasteiger partial charge is 0.305 e. The summed E-state index contributed by atoms with van der Waals surface area (Å²) in [5, 5.41) is 11.6. The molecular formula is C13H17BrN2O3. The van der Waals surface area contributed by atoms with E-state index >= 15 is 0 Å². The SMILES string of the molecule is CC(C)(C)C(CC(=O)O)NC(=O)c1ncccc1Br. The van der Waals surface area contributed by atoms with Gasteiger partial charge in [-0.15, -0.1) is 0 Å². The monoisotopic (exact) mass is 328 g/mol. The fraction of sp³-hybridized carbons (Fsp3) is 0.462. The predicted molar refractivity (Wildman–Crippen MR) is 74.9 cm³/mol. The zero-order valence-electron chi connectivity index (χ0n) is 11.1. The van der Waals surface area contributed by atoms with Crippen molar-refractivity contribution in [1.82, 2.24) is 10.3 Å². The lowest BCUT2D eigenvalue weighted by atomic mass is 9.84. The van der Waals surface area contributed by atoms with Gasteiger partial charge in [0.2, 0.25) is 0 Å². The van der Waals surface area contributed by atoms with E-state index in [2.05, 4.69) is 26.2 Å². The van der Waals surface area contributed by atoms with Crippen LogP contribution in [0.25, 0.3) is 0 Å².